The van der Waals surface area contributed by atoms with E-state index in [0.717, 1.165) is 28.2 Å². The van der Waals surface area contributed by atoms with Gasteiger partial charge in [0.25, 0.3) is 0 Å². The lowest BCUT2D eigenvalue weighted by molar-refractivity contribution is -0.120. The van der Waals surface area contributed by atoms with Crippen molar-refractivity contribution in [3.05, 3.63) is 75.0 Å². The van der Waals surface area contributed by atoms with E-state index in [1.807, 2.05) is 42.7 Å². The second-order valence-electron chi connectivity index (χ2n) is 6.95. The fraction of sp³-hybridized carbons (Fsp3) is 0.217. The van der Waals surface area contributed by atoms with E-state index in [1.165, 1.54) is 0 Å². The average molecular weight is 460 g/mol. The highest BCUT2D eigenvalue weighted by Crippen LogP contribution is 2.28. The van der Waals surface area contributed by atoms with Gasteiger partial charge in [-0.1, -0.05) is 29.3 Å². The minimum absolute atomic E-state index is 0.164. The van der Waals surface area contributed by atoms with Crippen molar-refractivity contribution in [1.82, 2.24) is 9.99 Å². The van der Waals surface area contributed by atoms with Crippen LogP contribution in [0.1, 0.15) is 22.5 Å². The fourth-order valence-corrected chi connectivity index (χ4v) is 3.89. The number of rotatable bonds is 7. The van der Waals surface area contributed by atoms with Gasteiger partial charge >= 0.3 is 0 Å². The van der Waals surface area contributed by atoms with Crippen LogP contribution in [0, 0.1) is 13.8 Å². The molecule has 0 atom stereocenters. The number of hydrogen-bond acceptors (Lipinski definition) is 4. The number of methoxy groups -OCH3 is 2. The number of carbonyl (C=O) groups is 1. The normalized spacial score (nSPS) is 11.0. The Morgan fingerprint density at radius 3 is 2.35 bits per heavy atom. The van der Waals surface area contributed by atoms with Crippen molar-refractivity contribution in [2.75, 3.05) is 14.2 Å². The number of hydrazone groups is 1. The molecule has 1 N–H and O–H groups in total. The van der Waals surface area contributed by atoms with Crippen molar-refractivity contribution < 1.29 is 14.3 Å². The van der Waals surface area contributed by atoms with Crippen LogP contribution in [0.3, 0.4) is 0 Å². The predicted octanol–water partition coefficient (Wildman–Crippen LogP) is 5.11. The first-order chi connectivity index (χ1) is 14.8. The van der Waals surface area contributed by atoms with Crippen molar-refractivity contribution >= 4 is 35.3 Å². The van der Waals surface area contributed by atoms with Crippen molar-refractivity contribution in [1.29, 1.82) is 0 Å². The lowest BCUT2D eigenvalue weighted by Gasteiger charge is -2.10. The molecule has 1 heterocycles. The second kappa shape index (κ2) is 9.90. The molecule has 0 radical (unpaired) electrons. The molecule has 31 heavy (non-hydrogen) atoms. The summed E-state index contributed by atoms with van der Waals surface area (Å²) in [6, 6.07) is 12.7. The number of hydrogen-bond donors (Lipinski definition) is 1. The van der Waals surface area contributed by atoms with Crippen molar-refractivity contribution in [2.24, 2.45) is 5.10 Å². The van der Waals surface area contributed by atoms with Crippen LogP contribution in [0.5, 0.6) is 11.5 Å². The Hall–Kier alpha value is -2.96. The molecule has 162 valence electrons. The highest BCUT2D eigenvalue weighted by Gasteiger charge is 2.11. The number of amides is 1. The first-order valence-electron chi connectivity index (χ1n) is 9.50. The molecule has 0 saturated carbocycles. The first-order valence-corrected chi connectivity index (χ1v) is 10.3. The van der Waals surface area contributed by atoms with Crippen LogP contribution in [0.2, 0.25) is 10.0 Å². The highest BCUT2D eigenvalue weighted by molar-refractivity contribution is 6.34. The van der Waals surface area contributed by atoms with Gasteiger partial charge in [0.1, 0.15) is 0 Å². The summed E-state index contributed by atoms with van der Waals surface area (Å²) in [4.78, 5) is 12.3. The maximum absolute atomic E-state index is 12.3. The van der Waals surface area contributed by atoms with Gasteiger partial charge in [0.2, 0.25) is 5.91 Å². The molecule has 3 aromatic rings. The summed E-state index contributed by atoms with van der Waals surface area (Å²) in [7, 11) is 3.12. The van der Waals surface area contributed by atoms with E-state index in [1.54, 1.807) is 38.6 Å². The number of nitrogens with one attached hydrogen (secondary N) is 1. The molecule has 0 saturated heterocycles. The lowest BCUT2D eigenvalue weighted by Crippen LogP contribution is -2.19. The predicted molar refractivity (Wildman–Crippen MR) is 124 cm³/mol. The zero-order valence-electron chi connectivity index (χ0n) is 17.7. The van der Waals surface area contributed by atoms with E-state index in [4.69, 9.17) is 32.7 Å². The number of aromatic nitrogens is 1. The standard InChI is InChI=1S/C23H23Cl2N3O3/c1-14-7-17(15(2)28(14)20-11-18(24)10-19(25)12-20)13-26-27-23(29)9-16-5-6-21(30-3)22(8-16)31-4/h5-8,10-13H,9H2,1-4H3,(H,27,29)/b26-13+. The number of halogens is 2. The smallest absolute Gasteiger partial charge is 0.244 e. The minimum Gasteiger partial charge on any atom is -0.493 e. The number of aryl methyl sites for hydroxylation is 1. The van der Waals surface area contributed by atoms with Gasteiger partial charge in [-0.05, 0) is 55.8 Å². The molecular weight excluding hydrogens is 437 g/mol. The molecular formula is C23H23Cl2N3O3. The molecule has 0 bridgehead atoms. The van der Waals surface area contributed by atoms with Crippen LogP contribution in [0.15, 0.2) is 47.6 Å². The molecule has 6 nitrogen and oxygen atoms in total. The van der Waals surface area contributed by atoms with Crippen LogP contribution in [0.25, 0.3) is 5.69 Å². The lowest BCUT2D eigenvalue weighted by atomic mass is 10.1. The van der Waals surface area contributed by atoms with Gasteiger partial charge in [-0.2, -0.15) is 5.10 Å². The average Bonchev–Trinajstić information content (AvgIpc) is 3.00. The monoisotopic (exact) mass is 459 g/mol. The third-order valence-electron chi connectivity index (χ3n) is 4.78. The summed E-state index contributed by atoms with van der Waals surface area (Å²) in [5, 5.41) is 5.24. The van der Waals surface area contributed by atoms with E-state index >= 15 is 0 Å². The molecule has 0 spiro atoms. The SMILES string of the molecule is COc1ccc(CC(=O)N/N=C/c2cc(C)n(-c3cc(Cl)cc(Cl)c3)c2C)cc1OC. The van der Waals surface area contributed by atoms with Crippen molar-refractivity contribution in [2.45, 2.75) is 20.3 Å². The second-order valence-corrected chi connectivity index (χ2v) is 7.82. The molecule has 0 aliphatic heterocycles. The fourth-order valence-electron chi connectivity index (χ4n) is 3.37. The minimum atomic E-state index is -0.237. The van der Waals surface area contributed by atoms with E-state index in [2.05, 4.69) is 10.5 Å². The largest absolute Gasteiger partial charge is 0.493 e. The Morgan fingerprint density at radius 1 is 1.03 bits per heavy atom. The Labute approximate surface area is 191 Å². The molecule has 0 aliphatic rings. The zero-order valence-corrected chi connectivity index (χ0v) is 19.2. The van der Waals surface area contributed by atoms with Crippen LogP contribution in [-0.2, 0) is 11.2 Å². The Morgan fingerprint density at radius 2 is 1.71 bits per heavy atom. The Kier molecular flexibility index (Phi) is 7.25. The van der Waals surface area contributed by atoms with Gasteiger partial charge < -0.3 is 14.0 Å². The topological polar surface area (TPSA) is 64.8 Å². The van der Waals surface area contributed by atoms with Crippen LogP contribution in [-0.4, -0.2) is 30.9 Å². The number of nitrogens with zero attached hydrogens (tertiary/aromatic N) is 2. The molecule has 1 aromatic heterocycles. The molecule has 1 amide bonds. The van der Waals surface area contributed by atoms with Gasteiger partial charge in [0, 0.05) is 32.7 Å². The summed E-state index contributed by atoms with van der Waals surface area (Å²) in [5.41, 5.74) is 7.05. The van der Waals surface area contributed by atoms with Crippen LogP contribution >= 0.6 is 23.2 Å². The Balaban J connectivity index is 1.71. The zero-order chi connectivity index (χ0) is 22.5. The number of benzene rings is 2. The maximum Gasteiger partial charge on any atom is 0.244 e. The molecule has 0 fully saturated rings. The van der Waals surface area contributed by atoms with Crippen LogP contribution in [0.4, 0.5) is 0 Å². The third kappa shape index (κ3) is 5.40. The van der Waals surface area contributed by atoms with E-state index in [9.17, 15) is 4.79 Å². The summed E-state index contributed by atoms with van der Waals surface area (Å²) in [5.74, 6) is 0.949. The molecule has 2 aromatic carbocycles. The molecule has 0 unspecified atom stereocenters. The van der Waals surface area contributed by atoms with E-state index < -0.39 is 0 Å². The van der Waals surface area contributed by atoms with Gasteiger partial charge in [0.15, 0.2) is 11.5 Å². The quantitative estimate of drug-likeness (QED) is 0.394. The summed E-state index contributed by atoms with van der Waals surface area (Å²) < 4.78 is 12.5. The summed E-state index contributed by atoms with van der Waals surface area (Å²) in [6.07, 6.45) is 1.79. The molecule has 0 aliphatic carbocycles. The molecule has 3 rings (SSSR count). The molecule has 8 heteroatoms. The van der Waals surface area contributed by atoms with Gasteiger partial charge in [-0.15, -0.1) is 0 Å². The highest BCUT2D eigenvalue weighted by atomic mass is 35.5. The van der Waals surface area contributed by atoms with Gasteiger partial charge in [-0.3, -0.25) is 4.79 Å². The van der Waals surface area contributed by atoms with Gasteiger partial charge in [-0.25, -0.2) is 5.43 Å². The Bertz CT molecular complexity index is 1120. The maximum atomic E-state index is 12.3. The van der Waals surface area contributed by atoms with Crippen molar-refractivity contribution in [3.8, 4) is 17.2 Å². The van der Waals surface area contributed by atoms with E-state index in [0.29, 0.717) is 21.5 Å². The summed E-state index contributed by atoms with van der Waals surface area (Å²) in [6.45, 7) is 3.95. The number of carbonyl (C=O) groups excluding carboxylic acids is 1. The summed E-state index contributed by atoms with van der Waals surface area (Å²) >= 11 is 12.3. The van der Waals surface area contributed by atoms with Crippen LogP contribution < -0.4 is 14.9 Å². The first kappa shape index (κ1) is 22.7. The third-order valence-corrected chi connectivity index (χ3v) is 5.22. The van der Waals surface area contributed by atoms with Gasteiger partial charge in [0.05, 0.1) is 26.9 Å². The van der Waals surface area contributed by atoms with Crippen molar-refractivity contribution in [3.63, 3.8) is 0 Å². The van der Waals surface area contributed by atoms with E-state index in [-0.39, 0.29) is 12.3 Å². The number of ether oxygens (including phenoxy) is 2.